The number of aryl methyl sites for hydroxylation is 1. The maximum absolute atomic E-state index is 12.0. The molecule has 0 heterocycles. The summed E-state index contributed by atoms with van der Waals surface area (Å²) in [6, 6.07) is 5.84. The average Bonchev–Trinajstić information content (AvgIpc) is 2.43. The quantitative estimate of drug-likeness (QED) is 0.605. The second-order valence-electron chi connectivity index (χ2n) is 8.36. The highest BCUT2D eigenvalue weighted by molar-refractivity contribution is 7.19. The second kappa shape index (κ2) is 8.10. The van der Waals surface area contributed by atoms with Crippen molar-refractivity contribution in [1.29, 1.82) is 0 Å². The number of anilines is 1. The van der Waals surface area contributed by atoms with Gasteiger partial charge in [0.05, 0.1) is 5.60 Å². The Balaban J connectivity index is 2.83. The highest BCUT2D eigenvalue weighted by Crippen LogP contribution is 2.33. The third-order valence-electron chi connectivity index (χ3n) is 4.19. The first-order valence-corrected chi connectivity index (χ1v) is 9.26. The Morgan fingerprint density at radius 3 is 2.24 bits per heavy atom. The van der Waals surface area contributed by atoms with Gasteiger partial charge in [-0.1, -0.05) is 38.4 Å². The van der Waals surface area contributed by atoms with Crippen molar-refractivity contribution in [2.75, 3.05) is 5.32 Å². The zero-order chi connectivity index (χ0) is 19.5. The Kier molecular flexibility index (Phi) is 7.12. The van der Waals surface area contributed by atoms with Gasteiger partial charge < -0.3 is 9.39 Å². The number of carbonyl (C=O) groups is 1. The van der Waals surface area contributed by atoms with Crippen LogP contribution in [0.5, 0.6) is 0 Å². The summed E-state index contributed by atoms with van der Waals surface area (Å²) in [7, 11) is 4.61. The normalized spacial score (nSPS) is 12.7. The molecule has 1 aromatic rings. The molecule has 1 radical (unpaired) electrons. The first kappa shape index (κ1) is 22.0. The van der Waals surface area contributed by atoms with E-state index in [0.29, 0.717) is 0 Å². The molecule has 0 aliphatic carbocycles. The molecule has 1 atom stereocenters. The van der Waals surface area contributed by atoms with Crippen molar-refractivity contribution in [3.05, 3.63) is 23.8 Å². The van der Waals surface area contributed by atoms with Gasteiger partial charge in [0, 0.05) is 10.8 Å². The molecule has 0 spiro atoms. The van der Waals surface area contributed by atoms with Gasteiger partial charge in [0.15, 0.2) is 0 Å². The zero-order valence-electron chi connectivity index (χ0n) is 16.8. The molecule has 6 heteroatoms. The van der Waals surface area contributed by atoms with Gasteiger partial charge in [-0.15, -0.1) is 9.24 Å². The van der Waals surface area contributed by atoms with Crippen molar-refractivity contribution in [3.63, 3.8) is 0 Å². The van der Waals surface area contributed by atoms with E-state index in [1.807, 2.05) is 39.0 Å². The minimum Gasteiger partial charge on any atom is -0.444 e. The molecule has 0 bridgehead atoms. The molecule has 0 aromatic heterocycles. The summed E-state index contributed by atoms with van der Waals surface area (Å²) in [6.07, 6.45) is 0.353. The summed E-state index contributed by atoms with van der Waals surface area (Å²) in [5.41, 5.74) is 1.92. The van der Waals surface area contributed by atoms with E-state index in [2.05, 4.69) is 49.2 Å². The van der Waals surface area contributed by atoms with Gasteiger partial charge in [-0.25, -0.2) is 4.79 Å². The zero-order valence-corrected chi connectivity index (χ0v) is 18.0. The monoisotopic (exact) mass is 364 g/mol. The Bertz CT molecular complexity index is 604. The van der Waals surface area contributed by atoms with E-state index >= 15 is 0 Å². The highest BCUT2D eigenvalue weighted by atomic mass is 31.0. The molecule has 0 aliphatic heterocycles. The molecular formula is C19H32BNO3P. The molecule has 1 N–H and O–H groups in total. The summed E-state index contributed by atoms with van der Waals surface area (Å²) in [5.74, 6) is 0. The van der Waals surface area contributed by atoms with Crippen LogP contribution in [0.2, 0.25) is 0 Å². The summed E-state index contributed by atoms with van der Waals surface area (Å²) in [6.45, 7) is 16.0. The van der Waals surface area contributed by atoms with Gasteiger partial charge >= 0.3 is 13.6 Å². The van der Waals surface area contributed by atoms with Crippen LogP contribution in [0.25, 0.3) is 0 Å². The molecule has 0 saturated carbocycles. The van der Waals surface area contributed by atoms with Crippen molar-refractivity contribution in [1.82, 2.24) is 0 Å². The molecular weight excluding hydrogens is 332 g/mol. The summed E-state index contributed by atoms with van der Waals surface area (Å²) in [5, 5.41) is 2.76. The van der Waals surface area contributed by atoms with E-state index < -0.39 is 11.7 Å². The maximum Gasteiger partial charge on any atom is 0.412 e. The largest absolute Gasteiger partial charge is 0.444 e. The molecule has 0 saturated heterocycles. The van der Waals surface area contributed by atoms with Gasteiger partial charge in [-0.3, -0.25) is 5.32 Å². The molecule has 0 fully saturated rings. The Morgan fingerprint density at radius 2 is 1.76 bits per heavy atom. The van der Waals surface area contributed by atoms with Gasteiger partial charge in [0.1, 0.15) is 5.60 Å². The van der Waals surface area contributed by atoms with Crippen molar-refractivity contribution in [3.8, 4) is 0 Å². The van der Waals surface area contributed by atoms with Crippen molar-refractivity contribution < 1.29 is 14.2 Å². The predicted molar refractivity (Wildman–Crippen MR) is 110 cm³/mol. The first-order chi connectivity index (χ1) is 11.2. The van der Waals surface area contributed by atoms with E-state index in [0.717, 1.165) is 23.1 Å². The predicted octanol–water partition coefficient (Wildman–Crippen LogP) is 4.29. The standard InChI is InChI=1S/C19H32BNO3P/c1-9-13-12-14(20-24-18(5,6)19(7,8)25)10-11-15(13)21-16(22)23-17(2,3)4/h10-12H,9,25H2,1-8H3,(H,21,22). The van der Waals surface area contributed by atoms with E-state index in [1.54, 1.807) is 7.48 Å². The summed E-state index contributed by atoms with van der Waals surface area (Å²) in [4.78, 5) is 12.0. The topological polar surface area (TPSA) is 47.6 Å². The summed E-state index contributed by atoms with van der Waals surface area (Å²) >= 11 is 0. The number of ether oxygens (including phenoxy) is 1. The minimum atomic E-state index is -0.519. The third kappa shape index (κ3) is 6.99. The maximum atomic E-state index is 12.0. The number of carbonyl (C=O) groups excluding carboxylic acids is 1. The first-order valence-electron chi connectivity index (χ1n) is 8.68. The Labute approximate surface area is 155 Å². The lowest BCUT2D eigenvalue weighted by Crippen LogP contribution is -2.45. The van der Waals surface area contributed by atoms with Gasteiger partial charge in [-0.05, 0) is 52.7 Å². The van der Waals surface area contributed by atoms with Crippen LogP contribution in [0.3, 0.4) is 0 Å². The minimum absolute atomic E-state index is 0.0602. The van der Waals surface area contributed by atoms with E-state index in [4.69, 9.17) is 9.39 Å². The van der Waals surface area contributed by atoms with Crippen molar-refractivity contribution in [2.24, 2.45) is 0 Å². The van der Waals surface area contributed by atoms with Crippen LogP contribution in [0.4, 0.5) is 10.5 Å². The molecule has 1 unspecified atom stereocenters. The highest BCUT2D eigenvalue weighted by Gasteiger charge is 2.33. The molecule has 0 aliphatic rings. The Morgan fingerprint density at radius 1 is 1.16 bits per heavy atom. The smallest absolute Gasteiger partial charge is 0.412 e. The lowest BCUT2D eigenvalue weighted by molar-refractivity contribution is 0.0635. The fourth-order valence-electron chi connectivity index (χ4n) is 1.88. The van der Waals surface area contributed by atoms with Crippen LogP contribution in [0.1, 0.15) is 61.0 Å². The van der Waals surface area contributed by atoms with Crippen LogP contribution in [0.15, 0.2) is 18.2 Å². The van der Waals surface area contributed by atoms with Crippen LogP contribution >= 0.6 is 9.24 Å². The van der Waals surface area contributed by atoms with Crippen molar-refractivity contribution >= 4 is 34.0 Å². The fraction of sp³-hybridized carbons (Fsp3) is 0.632. The van der Waals surface area contributed by atoms with Crippen molar-refractivity contribution in [2.45, 2.75) is 78.2 Å². The number of amides is 1. The van der Waals surface area contributed by atoms with Gasteiger partial charge in [-0.2, -0.15) is 0 Å². The van der Waals surface area contributed by atoms with Gasteiger partial charge in [0.2, 0.25) is 0 Å². The van der Waals surface area contributed by atoms with E-state index in [9.17, 15) is 4.79 Å². The Hall–Kier alpha value is -1.06. The number of rotatable bonds is 6. The number of benzene rings is 1. The van der Waals surface area contributed by atoms with Crippen LogP contribution < -0.4 is 10.8 Å². The number of hydrogen-bond donors (Lipinski definition) is 1. The second-order valence-corrected chi connectivity index (χ2v) is 9.81. The third-order valence-corrected chi connectivity index (χ3v) is 4.88. The molecule has 1 rings (SSSR count). The lowest BCUT2D eigenvalue weighted by atomic mass is 9.83. The van der Waals surface area contributed by atoms with Crippen LogP contribution in [-0.4, -0.2) is 29.9 Å². The van der Waals surface area contributed by atoms with E-state index in [-0.39, 0.29) is 10.8 Å². The van der Waals surface area contributed by atoms with E-state index in [1.165, 1.54) is 0 Å². The molecule has 139 valence electrons. The van der Waals surface area contributed by atoms with Crippen LogP contribution in [0, 0.1) is 0 Å². The summed E-state index contributed by atoms with van der Waals surface area (Å²) < 4.78 is 11.3. The lowest BCUT2D eigenvalue weighted by Gasteiger charge is -2.39. The number of hydrogen-bond acceptors (Lipinski definition) is 3. The number of nitrogens with one attached hydrogen (secondary N) is 1. The van der Waals surface area contributed by atoms with Gasteiger partial charge in [0.25, 0.3) is 0 Å². The average molecular weight is 364 g/mol. The molecule has 4 nitrogen and oxygen atoms in total. The SMILES string of the molecule is CCc1cc([B]OC(C)(C)C(C)(C)P)ccc1NC(=O)OC(C)(C)C. The molecule has 1 aromatic carbocycles. The van der Waals surface area contributed by atoms with Crippen LogP contribution in [-0.2, 0) is 15.8 Å². The molecule has 25 heavy (non-hydrogen) atoms. The fourth-order valence-corrected chi connectivity index (χ4v) is 1.95. The molecule has 1 amide bonds.